The van der Waals surface area contributed by atoms with E-state index in [0.717, 1.165) is 0 Å². The first-order valence-electron chi connectivity index (χ1n) is 6.08. The second-order valence-electron chi connectivity index (χ2n) is 5.47. The van der Waals surface area contributed by atoms with E-state index in [1.54, 1.807) is 6.92 Å². The van der Waals surface area contributed by atoms with Crippen molar-refractivity contribution in [3.8, 4) is 0 Å². The van der Waals surface area contributed by atoms with Gasteiger partial charge in [-0.1, -0.05) is 11.6 Å². The standard InChI is InChI=1S/C13H18ClN3O3/c1-7(11(18)17-13(2,3)4)15-10-6-8(12(19)20)5-9(14)16-10/h5-7H,1-4H3,(H,15,16)(H,17,18)(H,19,20). The van der Waals surface area contributed by atoms with Gasteiger partial charge in [0.2, 0.25) is 5.91 Å². The maximum atomic E-state index is 11.9. The Balaban J connectivity index is 2.83. The summed E-state index contributed by atoms with van der Waals surface area (Å²) in [7, 11) is 0. The van der Waals surface area contributed by atoms with Crippen molar-refractivity contribution < 1.29 is 14.7 Å². The zero-order chi connectivity index (χ0) is 15.5. The van der Waals surface area contributed by atoms with Gasteiger partial charge in [0.15, 0.2) is 0 Å². The number of rotatable bonds is 4. The second kappa shape index (κ2) is 6.09. The highest BCUT2D eigenvalue weighted by Gasteiger charge is 2.20. The van der Waals surface area contributed by atoms with Crippen molar-refractivity contribution in [2.75, 3.05) is 5.32 Å². The molecule has 0 spiro atoms. The fraction of sp³-hybridized carbons (Fsp3) is 0.462. The summed E-state index contributed by atoms with van der Waals surface area (Å²) in [6, 6.07) is 2.01. The van der Waals surface area contributed by atoms with E-state index in [4.69, 9.17) is 16.7 Å². The lowest BCUT2D eigenvalue weighted by atomic mass is 10.1. The van der Waals surface area contributed by atoms with Gasteiger partial charge in [-0.25, -0.2) is 9.78 Å². The summed E-state index contributed by atoms with van der Waals surface area (Å²) in [6.45, 7) is 7.28. The van der Waals surface area contributed by atoms with Gasteiger partial charge in [0.25, 0.3) is 0 Å². The van der Waals surface area contributed by atoms with Crippen molar-refractivity contribution >= 4 is 29.3 Å². The molecule has 1 aromatic heterocycles. The number of nitrogens with one attached hydrogen (secondary N) is 2. The minimum Gasteiger partial charge on any atom is -0.478 e. The molecule has 7 heteroatoms. The molecule has 0 fully saturated rings. The number of hydrogen-bond acceptors (Lipinski definition) is 4. The van der Waals surface area contributed by atoms with Crippen molar-refractivity contribution in [3.05, 3.63) is 22.8 Å². The van der Waals surface area contributed by atoms with Crippen molar-refractivity contribution in [2.24, 2.45) is 0 Å². The van der Waals surface area contributed by atoms with Crippen LogP contribution in [-0.2, 0) is 4.79 Å². The number of halogens is 1. The molecule has 20 heavy (non-hydrogen) atoms. The highest BCUT2D eigenvalue weighted by atomic mass is 35.5. The number of anilines is 1. The molecule has 0 aliphatic rings. The molecule has 6 nitrogen and oxygen atoms in total. The molecule has 0 saturated heterocycles. The normalized spacial score (nSPS) is 12.7. The van der Waals surface area contributed by atoms with Crippen LogP contribution in [-0.4, -0.2) is 33.5 Å². The van der Waals surface area contributed by atoms with Crippen molar-refractivity contribution in [2.45, 2.75) is 39.3 Å². The summed E-state index contributed by atoms with van der Waals surface area (Å²) in [5.41, 5.74) is -0.336. The van der Waals surface area contributed by atoms with Crippen molar-refractivity contribution in [3.63, 3.8) is 0 Å². The average molecular weight is 300 g/mol. The number of carboxylic acid groups (broad SMARTS) is 1. The van der Waals surface area contributed by atoms with Crippen LogP contribution in [0.3, 0.4) is 0 Å². The van der Waals surface area contributed by atoms with Crippen LogP contribution in [0.4, 0.5) is 5.82 Å². The SMILES string of the molecule is CC(Nc1cc(C(=O)O)cc(Cl)n1)C(=O)NC(C)(C)C. The predicted molar refractivity (Wildman–Crippen MR) is 77.2 cm³/mol. The molecule has 0 aliphatic carbocycles. The van der Waals surface area contributed by atoms with E-state index in [1.165, 1.54) is 12.1 Å². The van der Waals surface area contributed by atoms with Gasteiger partial charge in [-0.05, 0) is 39.8 Å². The Bertz CT molecular complexity index is 526. The van der Waals surface area contributed by atoms with Crippen LogP contribution in [0.2, 0.25) is 5.15 Å². The number of amides is 1. The Morgan fingerprint density at radius 3 is 2.45 bits per heavy atom. The highest BCUT2D eigenvalue weighted by molar-refractivity contribution is 6.29. The smallest absolute Gasteiger partial charge is 0.335 e. The third kappa shape index (κ3) is 5.05. The molecule has 0 saturated carbocycles. The monoisotopic (exact) mass is 299 g/mol. The molecular weight excluding hydrogens is 282 g/mol. The lowest BCUT2D eigenvalue weighted by Gasteiger charge is -2.24. The van der Waals surface area contributed by atoms with E-state index in [1.807, 2.05) is 20.8 Å². The summed E-state index contributed by atoms with van der Waals surface area (Å²) >= 11 is 5.75. The van der Waals surface area contributed by atoms with E-state index >= 15 is 0 Å². The van der Waals surface area contributed by atoms with E-state index in [9.17, 15) is 9.59 Å². The van der Waals surface area contributed by atoms with Gasteiger partial charge >= 0.3 is 5.97 Å². The number of hydrogen-bond donors (Lipinski definition) is 3. The van der Waals surface area contributed by atoms with Crippen LogP contribution >= 0.6 is 11.6 Å². The zero-order valence-corrected chi connectivity index (χ0v) is 12.6. The number of aromatic carboxylic acids is 1. The molecule has 110 valence electrons. The summed E-state index contributed by atoms with van der Waals surface area (Å²) in [5.74, 6) is -1.08. The van der Waals surface area contributed by atoms with Crippen molar-refractivity contribution in [1.29, 1.82) is 0 Å². The summed E-state index contributed by atoms with van der Waals surface area (Å²) < 4.78 is 0. The minimum absolute atomic E-state index is 0.0101. The van der Waals surface area contributed by atoms with Gasteiger partial charge in [-0.2, -0.15) is 0 Å². The van der Waals surface area contributed by atoms with Gasteiger partial charge in [-0.3, -0.25) is 4.79 Å². The van der Waals surface area contributed by atoms with Crippen LogP contribution in [0, 0.1) is 0 Å². The van der Waals surface area contributed by atoms with Crippen LogP contribution in [0.15, 0.2) is 12.1 Å². The first kappa shape index (κ1) is 16.2. The number of aromatic nitrogens is 1. The van der Waals surface area contributed by atoms with Gasteiger partial charge in [0, 0.05) is 5.54 Å². The van der Waals surface area contributed by atoms with Crippen LogP contribution < -0.4 is 10.6 Å². The largest absolute Gasteiger partial charge is 0.478 e. The molecule has 1 heterocycles. The number of nitrogens with zero attached hydrogens (tertiary/aromatic N) is 1. The fourth-order valence-corrected chi connectivity index (χ4v) is 1.67. The molecule has 1 unspecified atom stereocenters. The Labute approximate surface area is 122 Å². The van der Waals surface area contributed by atoms with Gasteiger partial charge in [0.1, 0.15) is 17.0 Å². The molecule has 0 bridgehead atoms. The average Bonchev–Trinajstić information content (AvgIpc) is 2.25. The van der Waals surface area contributed by atoms with Crippen LogP contribution in [0.25, 0.3) is 0 Å². The Hall–Kier alpha value is -1.82. The maximum Gasteiger partial charge on any atom is 0.335 e. The van der Waals surface area contributed by atoms with Gasteiger partial charge in [-0.15, -0.1) is 0 Å². The summed E-state index contributed by atoms with van der Waals surface area (Å²) in [6.07, 6.45) is 0. The summed E-state index contributed by atoms with van der Waals surface area (Å²) in [5, 5.41) is 14.6. The van der Waals surface area contributed by atoms with E-state index in [2.05, 4.69) is 15.6 Å². The minimum atomic E-state index is -1.11. The molecule has 0 aromatic carbocycles. The molecular formula is C13H18ClN3O3. The fourth-order valence-electron chi connectivity index (χ4n) is 1.46. The molecule has 0 radical (unpaired) electrons. The quantitative estimate of drug-likeness (QED) is 0.741. The van der Waals surface area contributed by atoms with Crippen LogP contribution in [0.5, 0.6) is 0 Å². The zero-order valence-electron chi connectivity index (χ0n) is 11.8. The Morgan fingerprint density at radius 2 is 1.95 bits per heavy atom. The number of carbonyl (C=O) groups is 2. The molecule has 3 N–H and O–H groups in total. The van der Waals surface area contributed by atoms with Crippen molar-refractivity contribution in [1.82, 2.24) is 10.3 Å². The Kier molecular flexibility index (Phi) is 4.94. The highest BCUT2D eigenvalue weighted by Crippen LogP contribution is 2.15. The lowest BCUT2D eigenvalue weighted by molar-refractivity contribution is -0.122. The number of carbonyl (C=O) groups excluding carboxylic acids is 1. The van der Waals surface area contributed by atoms with Gasteiger partial charge < -0.3 is 15.7 Å². The number of carboxylic acids is 1. The summed E-state index contributed by atoms with van der Waals surface area (Å²) in [4.78, 5) is 26.8. The lowest BCUT2D eigenvalue weighted by Crippen LogP contribution is -2.47. The van der Waals surface area contributed by atoms with Crippen LogP contribution in [0.1, 0.15) is 38.1 Å². The first-order valence-corrected chi connectivity index (χ1v) is 6.46. The van der Waals surface area contributed by atoms with E-state index in [0.29, 0.717) is 0 Å². The third-order valence-electron chi connectivity index (χ3n) is 2.30. The maximum absolute atomic E-state index is 11.9. The second-order valence-corrected chi connectivity index (χ2v) is 5.86. The molecule has 1 atom stereocenters. The van der Waals surface area contributed by atoms with Gasteiger partial charge in [0.05, 0.1) is 5.56 Å². The molecule has 1 rings (SSSR count). The van der Waals surface area contributed by atoms with E-state index in [-0.39, 0.29) is 28.0 Å². The first-order chi connectivity index (χ1) is 9.08. The predicted octanol–water partition coefficient (Wildman–Crippen LogP) is 2.15. The molecule has 1 aromatic rings. The number of pyridine rings is 1. The van der Waals surface area contributed by atoms with E-state index < -0.39 is 12.0 Å². The Morgan fingerprint density at radius 1 is 1.35 bits per heavy atom. The molecule has 0 aliphatic heterocycles. The topological polar surface area (TPSA) is 91.3 Å². The molecule has 1 amide bonds. The third-order valence-corrected chi connectivity index (χ3v) is 2.49.